The van der Waals surface area contributed by atoms with Gasteiger partial charge in [-0.2, -0.15) is 0 Å². The second-order valence-corrected chi connectivity index (χ2v) is 9.38. The smallest absolute Gasteiger partial charge is 0.248 e. The van der Waals surface area contributed by atoms with Crippen LogP contribution in [-0.4, -0.2) is 21.5 Å². The van der Waals surface area contributed by atoms with Gasteiger partial charge in [0.15, 0.2) is 0 Å². The second-order valence-electron chi connectivity index (χ2n) is 9.38. The van der Waals surface area contributed by atoms with E-state index < -0.39 is 5.91 Å². The highest BCUT2D eigenvalue weighted by Gasteiger charge is 2.13. The Morgan fingerprint density at radius 3 is 2.56 bits per heavy atom. The van der Waals surface area contributed by atoms with Gasteiger partial charge in [-0.25, -0.2) is 0 Å². The molecule has 0 aliphatic heterocycles. The molecule has 0 fully saturated rings. The van der Waals surface area contributed by atoms with Crippen molar-refractivity contribution in [2.75, 3.05) is 0 Å². The number of fused-ring (bicyclic) bond motifs is 3. The molecule has 3 N–H and O–H groups in total. The maximum Gasteiger partial charge on any atom is 0.248 e. The van der Waals surface area contributed by atoms with E-state index in [2.05, 4.69) is 71.2 Å². The molecule has 0 bridgehead atoms. The van der Waals surface area contributed by atoms with Gasteiger partial charge >= 0.3 is 0 Å². The monoisotopic (exact) mass is 476 g/mol. The van der Waals surface area contributed by atoms with E-state index in [-0.39, 0.29) is 6.04 Å². The summed E-state index contributed by atoms with van der Waals surface area (Å²) in [4.78, 5) is 16.5. The van der Waals surface area contributed by atoms with Crippen molar-refractivity contribution < 1.29 is 4.79 Å². The molecule has 2 heterocycles. The number of hydrogen-bond donors (Lipinski definition) is 2. The maximum absolute atomic E-state index is 12.0. The summed E-state index contributed by atoms with van der Waals surface area (Å²) in [6.45, 7) is 6.12. The quantitative estimate of drug-likeness (QED) is 0.271. The zero-order valence-electron chi connectivity index (χ0n) is 20.9. The molecule has 0 aliphatic rings. The minimum Gasteiger partial charge on any atom is -0.366 e. The van der Waals surface area contributed by atoms with Crippen LogP contribution in [0.3, 0.4) is 0 Å². The van der Waals surface area contributed by atoms with E-state index >= 15 is 0 Å². The van der Waals surface area contributed by atoms with E-state index in [0.717, 1.165) is 42.8 Å². The fraction of sp³-hybridized carbons (Fsp3) is 0.226. The summed E-state index contributed by atoms with van der Waals surface area (Å²) in [5.41, 5.74) is 12.9. The number of hydrogen-bond acceptors (Lipinski definition) is 3. The van der Waals surface area contributed by atoms with Gasteiger partial charge in [0.05, 0.1) is 5.69 Å². The van der Waals surface area contributed by atoms with E-state index in [0.29, 0.717) is 5.56 Å². The van der Waals surface area contributed by atoms with Crippen molar-refractivity contribution in [3.8, 4) is 11.3 Å². The molecule has 0 saturated carbocycles. The highest BCUT2D eigenvalue weighted by atomic mass is 16.1. The Balaban J connectivity index is 1.29. The Morgan fingerprint density at radius 1 is 0.972 bits per heavy atom. The first-order valence-corrected chi connectivity index (χ1v) is 12.6. The number of nitrogens with two attached hydrogens (primary N) is 1. The van der Waals surface area contributed by atoms with Crippen molar-refractivity contribution in [1.82, 2.24) is 14.9 Å². The molecule has 5 heteroatoms. The largest absolute Gasteiger partial charge is 0.366 e. The van der Waals surface area contributed by atoms with Crippen LogP contribution >= 0.6 is 0 Å². The average Bonchev–Trinajstić information content (AvgIpc) is 3.24. The van der Waals surface area contributed by atoms with Crippen molar-refractivity contribution in [3.63, 3.8) is 0 Å². The van der Waals surface area contributed by atoms with Crippen molar-refractivity contribution >= 4 is 27.7 Å². The van der Waals surface area contributed by atoms with Gasteiger partial charge in [0.2, 0.25) is 5.91 Å². The maximum atomic E-state index is 12.0. The van der Waals surface area contributed by atoms with Gasteiger partial charge in [0, 0.05) is 58.3 Å². The topological polar surface area (TPSA) is 72.9 Å². The third-order valence-corrected chi connectivity index (χ3v) is 6.99. The number of nitrogens with zero attached hydrogens (tertiary/aromatic N) is 2. The van der Waals surface area contributed by atoms with Crippen molar-refractivity contribution in [1.29, 1.82) is 0 Å². The molecule has 36 heavy (non-hydrogen) atoms. The van der Waals surface area contributed by atoms with Crippen LogP contribution in [0.5, 0.6) is 0 Å². The molecule has 182 valence electrons. The minimum atomic E-state index is -0.391. The molecule has 3 aromatic carbocycles. The first-order valence-electron chi connectivity index (χ1n) is 12.6. The summed E-state index contributed by atoms with van der Waals surface area (Å²) in [5.74, 6) is -0.391. The number of benzene rings is 3. The predicted molar refractivity (Wildman–Crippen MR) is 148 cm³/mol. The normalized spacial score (nSPS) is 12.3. The number of amides is 1. The number of primary amides is 1. The van der Waals surface area contributed by atoms with Crippen LogP contribution in [0.2, 0.25) is 0 Å². The van der Waals surface area contributed by atoms with Gasteiger partial charge in [-0.15, -0.1) is 0 Å². The van der Waals surface area contributed by atoms with Crippen LogP contribution < -0.4 is 11.1 Å². The van der Waals surface area contributed by atoms with E-state index in [4.69, 9.17) is 5.73 Å². The number of nitrogens with one attached hydrogen (secondary N) is 1. The lowest BCUT2D eigenvalue weighted by Crippen LogP contribution is -2.26. The van der Waals surface area contributed by atoms with Crippen molar-refractivity contribution in [3.05, 3.63) is 102 Å². The lowest BCUT2D eigenvalue weighted by Gasteiger charge is -2.16. The van der Waals surface area contributed by atoms with E-state index in [1.807, 2.05) is 36.4 Å². The molecule has 5 rings (SSSR count). The molecule has 0 aliphatic carbocycles. The molecule has 0 saturated heterocycles. The summed E-state index contributed by atoms with van der Waals surface area (Å²) in [6, 6.07) is 27.3. The molecule has 0 radical (unpaired) electrons. The van der Waals surface area contributed by atoms with Gasteiger partial charge in [-0.1, -0.05) is 36.4 Å². The number of carbonyl (C=O) groups is 1. The third-order valence-electron chi connectivity index (χ3n) is 6.99. The lowest BCUT2D eigenvalue weighted by atomic mass is 9.96. The van der Waals surface area contributed by atoms with Gasteiger partial charge in [-0.3, -0.25) is 9.78 Å². The van der Waals surface area contributed by atoms with Crippen molar-refractivity contribution in [2.45, 2.75) is 45.8 Å². The number of rotatable bonds is 9. The van der Waals surface area contributed by atoms with Gasteiger partial charge in [0.1, 0.15) is 0 Å². The average molecular weight is 477 g/mol. The van der Waals surface area contributed by atoms with Gasteiger partial charge < -0.3 is 15.6 Å². The summed E-state index contributed by atoms with van der Waals surface area (Å²) >= 11 is 0. The number of aromatic nitrogens is 2. The second kappa shape index (κ2) is 10.3. The van der Waals surface area contributed by atoms with Crippen LogP contribution in [0, 0.1) is 0 Å². The van der Waals surface area contributed by atoms with Crippen LogP contribution in [0.15, 0.2) is 85.1 Å². The van der Waals surface area contributed by atoms with Crippen LogP contribution in [0.4, 0.5) is 0 Å². The lowest BCUT2D eigenvalue weighted by molar-refractivity contribution is 0.0999. The minimum absolute atomic E-state index is 0.275. The molecular weight excluding hydrogens is 444 g/mol. The first kappa shape index (κ1) is 23.8. The van der Waals surface area contributed by atoms with E-state index in [1.54, 1.807) is 6.20 Å². The number of aryl methyl sites for hydroxylation is 2. The Morgan fingerprint density at radius 2 is 1.78 bits per heavy atom. The third kappa shape index (κ3) is 4.75. The van der Waals surface area contributed by atoms with Crippen molar-refractivity contribution in [2.24, 2.45) is 5.73 Å². The van der Waals surface area contributed by atoms with Crippen LogP contribution in [0.25, 0.3) is 33.1 Å². The van der Waals surface area contributed by atoms with E-state index in [1.165, 1.54) is 27.4 Å². The Bertz CT molecular complexity index is 1520. The SMILES string of the molecule is CCn1c2ccccc2c2cc(CNC(C)CCc3cc(-c4ccccn4)ccc3C(N)=O)ccc21. The molecule has 1 amide bonds. The highest BCUT2D eigenvalue weighted by Crippen LogP contribution is 2.30. The van der Waals surface area contributed by atoms with Crippen LogP contribution in [-0.2, 0) is 19.5 Å². The van der Waals surface area contributed by atoms with Crippen LogP contribution in [0.1, 0.15) is 41.8 Å². The molecule has 0 spiro atoms. The van der Waals surface area contributed by atoms with E-state index in [9.17, 15) is 4.79 Å². The molecule has 2 aromatic heterocycles. The Kier molecular flexibility index (Phi) is 6.83. The van der Waals surface area contributed by atoms with Gasteiger partial charge in [-0.05, 0) is 80.3 Å². The summed E-state index contributed by atoms with van der Waals surface area (Å²) in [5, 5.41) is 6.27. The summed E-state index contributed by atoms with van der Waals surface area (Å²) in [6.07, 6.45) is 3.43. The summed E-state index contributed by atoms with van der Waals surface area (Å²) in [7, 11) is 0. The Hall–Kier alpha value is -3.96. The number of carbonyl (C=O) groups excluding carboxylic acids is 1. The molecule has 5 nitrogen and oxygen atoms in total. The standard InChI is InChI=1S/C31H32N4O/c1-3-35-29-10-5-4-8-26(29)27-18-22(12-16-30(27)35)20-34-21(2)11-13-23-19-24(14-15-25(23)31(32)36)28-9-6-7-17-33-28/h4-10,12,14-19,21,34H,3,11,13,20H2,1-2H3,(H2,32,36). The van der Waals surface area contributed by atoms with Gasteiger partial charge in [0.25, 0.3) is 0 Å². The Labute approximate surface area is 212 Å². The number of pyridine rings is 1. The molecule has 1 atom stereocenters. The summed E-state index contributed by atoms with van der Waals surface area (Å²) < 4.78 is 2.37. The highest BCUT2D eigenvalue weighted by molar-refractivity contribution is 6.08. The fourth-order valence-electron chi connectivity index (χ4n) is 5.05. The molecule has 5 aromatic rings. The predicted octanol–water partition coefficient (Wildman–Crippen LogP) is 6.09. The zero-order chi connectivity index (χ0) is 25.1. The molecular formula is C31H32N4O. The zero-order valence-corrected chi connectivity index (χ0v) is 20.9. The first-order chi connectivity index (χ1) is 17.5. The fourth-order valence-corrected chi connectivity index (χ4v) is 5.05. The molecule has 1 unspecified atom stereocenters. The number of para-hydroxylation sites is 1.